The summed E-state index contributed by atoms with van der Waals surface area (Å²) < 4.78 is 2.08. The van der Waals surface area contributed by atoms with Crippen molar-refractivity contribution in [3.05, 3.63) is 29.6 Å². The molecule has 1 aromatic carbocycles. The minimum atomic E-state index is -0.946. The summed E-state index contributed by atoms with van der Waals surface area (Å²) in [5, 5.41) is 18.7. The number of nitrogens with zero attached hydrogens (tertiary/aromatic N) is 2. The van der Waals surface area contributed by atoms with E-state index in [0.717, 1.165) is 24.2 Å². The predicted molar refractivity (Wildman–Crippen MR) is 75.0 cm³/mol. The minimum Gasteiger partial charge on any atom is -0.478 e. The second kappa shape index (κ2) is 4.90. The summed E-state index contributed by atoms with van der Waals surface area (Å²) in [6, 6.07) is 5.25. The Labute approximate surface area is 116 Å². The molecular weight excluding hydrogens is 256 g/mol. The largest absolute Gasteiger partial charge is 0.478 e. The summed E-state index contributed by atoms with van der Waals surface area (Å²) in [5.41, 5.74) is 1.67. The third-order valence-electron chi connectivity index (χ3n) is 3.75. The van der Waals surface area contributed by atoms with Crippen LogP contribution in [0.15, 0.2) is 18.2 Å². The summed E-state index contributed by atoms with van der Waals surface area (Å²) in [6.45, 7) is 2.43. The van der Waals surface area contributed by atoms with Gasteiger partial charge >= 0.3 is 5.97 Å². The number of aromatic nitrogens is 2. The Balaban J connectivity index is 2.12. The molecule has 0 bridgehead atoms. The van der Waals surface area contributed by atoms with Gasteiger partial charge in [-0.15, -0.1) is 0 Å². The van der Waals surface area contributed by atoms with Crippen LogP contribution in [-0.4, -0.2) is 31.8 Å². The van der Waals surface area contributed by atoms with Crippen LogP contribution in [-0.2, 0) is 6.54 Å². The van der Waals surface area contributed by atoms with Crippen LogP contribution in [0.1, 0.15) is 48.3 Å². The maximum Gasteiger partial charge on any atom is 0.337 e. The molecule has 1 unspecified atom stereocenters. The van der Waals surface area contributed by atoms with Gasteiger partial charge < -0.3 is 14.8 Å². The van der Waals surface area contributed by atoms with Crippen molar-refractivity contribution in [3.8, 4) is 0 Å². The van der Waals surface area contributed by atoms with E-state index < -0.39 is 5.97 Å². The van der Waals surface area contributed by atoms with Gasteiger partial charge in [-0.3, -0.25) is 0 Å². The highest BCUT2D eigenvalue weighted by atomic mass is 16.4. The summed E-state index contributed by atoms with van der Waals surface area (Å²) in [7, 11) is 0. The number of aryl methyl sites for hydroxylation is 1. The van der Waals surface area contributed by atoms with Crippen LogP contribution in [0.25, 0.3) is 11.0 Å². The number of aliphatic hydroxyl groups excluding tert-OH is 1. The molecule has 5 heteroatoms. The molecule has 1 heterocycles. The number of carboxylic acids is 1. The number of carboxylic acid groups (broad SMARTS) is 1. The Bertz CT molecular complexity index is 656. The van der Waals surface area contributed by atoms with E-state index in [0.29, 0.717) is 24.4 Å². The lowest BCUT2D eigenvalue weighted by molar-refractivity contribution is 0.0699. The van der Waals surface area contributed by atoms with Crippen LogP contribution in [0.2, 0.25) is 0 Å². The van der Waals surface area contributed by atoms with Gasteiger partial charge in [-0.2, -0.15) is 0 Å². The zero-order valence-electron chi connectivity index (χ0n) is 11.4. The molecule has 106 valence electrons. The number of benzene rings is 1. The fourth-order valence-corrected chi connectivity index (χ4v) is 2.54. The average molecular weight is 274 g/mol. The number of rotatable bonds is 5. The van der Waals surface area contributed by atoms with Gasteiger partial charge in [0.25, 0.3) is 0 Å². The third-order valence-corrected chi connectivity index (χ3v) is 3.75. The molecule has 1 fully saturated rings. The Hall–Kier alpha value is -1.88. The van der Waals surface area contributed by atoms with Gasteiger partial charge in [0.1, 0.15) is 11.3 Å². The molecular formula is C15H18N2O3. The first-order valence-electron chi connectivity index (χ1n) is 6.98. The zero-order chi connectivity index (χ0) is 14.3. The molecule has 0 amide bonds. The van der Waals surface area contributed by atoms with Crippen LogP contribution < -0.4 is 0 Å². The van der Waals surface area contributed by atoms with Crippen LogP contribution >= 0.6 is 0 Å². The van der Waals surface area contributed by atoms with E-state index in [9.17, 15) is 15.0 Å². The Morgan fingerprint density at radius 3 is 2.85 bits per heavy atom. The van der Waals surface area contributed by atoms with E-state index in [1.807, 2.05) is 6.07 Å². The van der Waals surface area contributed by atoms with Crippen LogP contribution in [0.5, 0.6) is 0 Å². The maximum atomic E-state index is 11.3. The molecule has 1 aromatic heterocycles. The number of carbonyl (C=O) groups is 1. The van der Waals surface area contributed by atoms with Crippen LogP contribution in [0.3, 0.4) is 0 Å². The number of hydrogen-bond donors (Lipinski definition) is 2. The number of aliphatic hydroxyl groups is 1. The maximum absolute atomic E-state index is 11.3. The van der Waals surface area contributed by atoms with Gasteiger partial charge in [0, 0.05) is 12.5 Å². The highest BCUT2D eigenvalue weighted by Crippen LogP contribution is 2.41. The molecule has 20 heavy (non-hydrogen) atoms. The lowest BCUT2D eigenvalue weighted by Crippen LogP contribution is -2.09. The molecule has 0 aliphatic heterocycles. The average Bonchev–Trinajstić information content (AvgIpc) is 3.17. The van der Waals surface area contributed by atoms with Crippen molar-refractivity contribution in [1.29, 1.82) is 0 Å². The van der Waals surface area contributed by atoms with Gasteiger partial charge in [0.2, 0.25) is 0 Å². The molecule has 0 saturated heterocycles. The highest BCUT2D eigenvalue weighted by Gasteiger charge is 2.30. The first-order chi connectivity index (χ1) is 9.58. The van der Waals surface area contributed by atoms with E-state index in [2.05, 4.69) is 9.55 Å². The van der Waals surface area contributed by atoms with Crippen molar-refractivity contribution >= 4 is 17.0 Å². The Morgan fingerprint density at radius 2 is 2.25 bits per heavy atom. The van der Waals surface area contributed by atoms with Gasteiger partial charge in [-0.1, -0.05) is 6.07 Å². The zero-order valence-corrected chi connectivity index (χ0v) is 11.4. The molecule has 1 atom stereocenters. The molecule has 1 aliphatic carbocycles. The highest BCUT2D eigenvalue weighted by molar-refractivity contribution is 6.01. The van der Waals surface area contributed by atoms with E-state index in [1.54, 1.807) is 19.1 Å². The van der Waals surface area contributed by atoms with Crippen molar-refractivity contribution in [2.75, 3.05) is 0 Å². The number of imidazole rings is 1. The lowest BCUT2D eigenvalue weighted by Gasteiger charge is -2.10. The Morgan fingerprint density at radius 1 is 1.50 bits per heavy atom. The molecule has 0 radical (unpaired) electrons. The second-order valence-electron chi connectivity index (χ2n) is 5.51. The van der Waals surface area contributed by atoms with Crippen molar-refractivity contribution < 1.29 is 15.0 Å². The molecule has 1 saturated carbocycles. The van der Waals surface area contributed by atoms with Gasteiger partial charge in [-0.05, 0) is 38.3 Å². The van der Waals surface area contributed by atoms with E-state index in [1.165, 1.54) is 0 Å². The number of hydrogen-bond acceptors (Lipinski definition) is 3. The van der Waals surface area contributed by atoms with Gasteiger partial charge in [0.05, 0.1) is 17.2 Å². The SMILES string of the molecule is CC(O)CCn1c(C2CC2)nc2c(C(=O)O)cccc21. The van der Waals surface area contributed by atoms with E-state index in [4.69, 9.17) is 0 Å². The summed E-state index contributed by atoms with van der Waals surface area (Å²) in [4.78, 5) is 15.9. The molecule has 0 spiro atoms. The van der Waals surface area contributed by atoms with Crippen LogP contribution in [0, 0.1) is 0 Å². The van der Waals surface area contributed by atoms with E-state index in [-0.39, 0.29) is 11.7 Å². The lowest BCUT2D eigenvalue weighted by atomic mass is 10.2. The molecule has 5 nitrogen and oxygen atoms in total. The first kappa shape index (κ1) is 13.1. The molecule has 1 aliphatic rings. The third kappa shape index (κ3) is 2.29. The van der Waals surface area contributed by atoms with Crippen molar-refractivity contribution in [3.63, 3.8) is 0 Å². The molecule has 3 rings (SSSR count). The summed E-state index contributed by atoms with van der Waals surface area (Å²) >= 11 is 0. The van der Waals surface area contributed by atoms with E-state index >= 15 is 0 Å². The number of para-hydroxylation sites is 1. The van der Waals surface area contributed by atoms with Gasteiger partial charge in [-0.25, -0.2) is 9.78 Å². The normalized spacial score (nSPS) is 16.5. The fraction of sp³-hybridized carbons (Fsp3) is 0.467. The van der Waals surface area contributed by atoms with Crippen LogP contribution in [0.4, 0.5) is 0 Å². The quantitative estimate of drug-likeness (QED) is 0.877. The minimum absolute atomic E-state index is 0.250. The van der Waals surface area contributed by atoms with Crippen molar-refractivity contribution in [1.82, 2.24) is 9.55 Å². The summed E-state index contributed by atoms with van der Waals surface area (Å²) in [5.74, 6) is 0.463. The Kier molecular flexibility index (Phi) is 3.22. The molecule has 2 N–H and O–H groups in total. The monoisotopic (exact) mass is 274 g/mol. The topological polar surface area (TPSA) is 75.3 Å². The first-order valence-corrected chi connectivity index (χ1v) is 6.98. The standard InChI is InChI=1S/C15H18N2O3/c1-9(18)7-8-17-12-4-2-3-11(15(19)20)13(12)16-14(17)10-5-6-10/h2-4,9-10,18H,5-8H2,1H3,(H,19,20). The molecule has 2 aromatic rings. The fourth-order valence-electron chi connectivity index (χ4n) is 2.54. The predicted octanol–water partition coefficient (Wildman–Crippen LogP) is 2.38. The van der Waals surface area contributed by atoms with Gasteiger partial charge in [0.15, 0.2) is 0 Å². The summed E-state index contributed by atoms with van der Waals surface area (Å²) in [6.07, 6.45) is 2.49. The number of fused-ring (bicyclic) bond motifs is 1. The second-order valence-corrected chi connectivity index (χ2v) is 5.51. The smallest absolute Gasteiger partial charge is 0.337 e. The van der Waals surface area contributed by atoms with Crippen molar-refractivity contribution in [2.24, 2.45) is 0 Å². The van der Waals surface area contributed by atoms with Crippen molar-refractivity contribution in [2.45, 2.75) is 44.8 Å². The number of aromatic carboxylic acids is 1.